The minimum Gasteiger partial charge on any atom is -0.480 e. The summed E-state index contributed by atoms with van der Waals surface area (Å²) in [4.78, 5) is 61.2. The van der Waals surface area contributed by atoms with Crippen LogP contribution >= 0.6 is 11.8 Å². The Morgan fingerprint density at radius 1 is 0.943 bits per heavy atom. The highest BCUT2D eigenvalue weighted by atomic mass is 32.2. The molecule has 0 radical (unpaired) electrons. The topological polar surface area (TPSA) is 194 Å². The van der Waals surface area contributed by atoms with E-state index in [4.69, 9.17) is 11.5 Å². The number of primary amides is 1. The van der Waals surface area contributed by atoms with E-state index in [9.17, 15) is 29.1 Å². The van der Waals surface area contributed by atoms with Crippen molar-refractivity contribution in [2.24, 2.45) is 17.4 Å². The van der Waals surface area contributed by atoms with Crippen molar-refractivity contribution in [1.29, 1.82) is 0 Å². The van der Waals surface area contributed by atoms with Crippen LogP contribution in [0, 0.1) is 5.92 Å². The molecule has 1 aromatic carbocycles. The van der Waals surface area contributed by atoms with Gasteiger partial charge >= 0.3 is 5.97 Å². The molecule has 4 unspecified atom stereocenters. The highest BCUT2D eigenvalue weighted by molar-refractivity contribution is 7.98. The molecule has 4 amide bonds. The summed E-state index contributed by atoms with van der Waals surface area (Å²) in [7, 11) is 0. The zero-order valence-electron chi connectivity index (χ0n) is 20.2. The van der Waals surface area contributed by atoms with Gasteiger partial charge in [-0.05, 0) is 29.9 Å². The van der Waals surface area contributed by atoms with Gasteiger partial charge in [-0.25, -0.2) is 4.79 Å². The van der Waals surface area contributed by atoms with E-state index in [0.29, 0.717) is 5.75 Å². The molecule has 0 saturated carbocycles. The maximum atomic E-state index is 13.1. The van der Waals surface area contributed by atoms with Crippen LogP contribution in [0.25, 0.3) is 0 Å². The van der Waals surface area contributed by atoms with E-state index in [1.54, 1.807) is 44.2 Å². The van der Waals surface area contributed by atoms with Crippen molar-refractivity contribution in [3.8, 4) is 0 Å². The number of thioether (sulfide) groups is 1. The maximum Gasteiger partial charge on any atom is 0.326 e. The van der Waals surface area contributed by atoms with Gasteiger partial charge < -0.3 is 32.5 Å². The summed E-state index contributed by atoms with van der Waals surface area (Å²) in [6, 6.07) is 4.43. The summed E-state index contributed by atoms with van der Waals surface area (Å²) in [5.41, 5.74) is 11.5. The van der Waals surface area contributed by atoms with Gasteiger partial charge in [-0.15, -0.1) is 0 Å². The number of hydrogen-bond acceptors (Lipinski definition) is 7. The fourth-order valence-corrected chi connectivity index (χ4v) is 3.66. The van der Waals surface area contributed by atoms with Crippen LogP contribution in [-0.2, 0) is 30.4 Å². The van der Waals surface area contributed by atoms with Crippen LogP contribution in [-0.4, -0.2) is 70.9 Å². The number of rotatable bonds is 15. The zero-order chi connectivity index (χ0) is 26.5. The quantitative estimate of drug-likeness (QED) is 0.180. The van der Waals surface area contributed by atoms with Crippen molar-refractivity contribution in [2.75, 3.05) is 12.0 Å². The van der Waals surface area contributed by atoms with E-state index in [-0.39, 0.29) is 25.2 Å². The van der Waals surface area contributed by atoms with Gasteiger partial charge in [-0.3, -0.25) is 19.2 Å². The van der Waals surface area contributed by atoms with Crippen LogP contribution < -0.4 is 27.4 Å². The highest BCUT2D eigenvalue weighted by Crippen LogP contribution is 2.08. The van der Waals surface area contributed by atoms with Gasteiger partial charge in [0, 0.05) is 6.42 Å². The average Bonchev–Trinajstić information content (AvgIpc) is 2.79. The number of amides is 4. The molecule has 0 heterocycles. The van der Waals surface area contributed by atoms with Crippen LogP contribution in [0.4, 0.5) is 0 Å². The first-order valence-corrected chi connectivity index (χ1v) is 12.6. The van der Waals surface area contributed by atoms with Gasteiger partial charge in [0.1, 0.15) is 18.1 Å². The summed E-state index contributed by atoms with van der Waals surface area (Å²) in [6.45, 7) is 3.32. The van der Waals surface area contributed by atoms with Crippen molar-refractivity contribution < 1.29 is 29.1 Å². The second-order valence-electron chi connectivity index (χ2n) is 8.44. The summed E-state index contributed by atoms with van der Waals surface area (Å²) >= 11 is 1.45. The SMILES string of the molecule is CSCCC(NC(=O)C(N)CC(N)=O)C(=O)NC(Cc1ccccc1)C(=O)NC(C(=O)O)C(C)C. The lowest BCUT2D eigenvalue weighted by molar-refractivity contribution is -0.143. The molecule has 0 aliphatic heterocycles. The van der Waals surface area contributed by atoms with E-state index in [1.807, 2.05) is 6.26 Å². The molecule has 4 atom stereocenters. The van der Waals surface area contributed by atoms with E-state index in [0.717, 1.165) is 5.56 Å². The van der Waals surface area contributed by atoms with Gasteiger partial charge in [-0.1, -0.05) is 44.2 Å². The molecule has 35 heavy (non-hydrogen) atoms. The molecule has 0 spiro atoms. The number of nitrogens with one attached hydrogen (secondary N) is 3. The molecule has 8 N–H and O–H groups in total. The molecular formula is C23H35N5O6S. The Bertz CT molecular complexity index is 882. The van der Waals surface area contributed by atoms with Crippen molar-refractivity contribution in [2.45, 2.75) is 57.3 Å². The minimum atomic E-state index is -1.22. The first kappa shape index (κ1) is 29.9. The fourth-order valence-electron chi connectivity index (χ4n) is 3.19. The smallest absolute Gasteiger partial charge is 0.326 e. The van der Waals surface area contributed by atoms with Crippen LogP contribution in [0.2, 0.25) is 0 Å². The Kier molecular flexibility index (Phi) is 12.8. The van der Waals surface area contributed by atoms with Gasteiger partial charge in [-0.2, -0.15) is 11.8 Å². The molecule has 0 fully saturated rings. The van der Waals surface area contributed by atoms with E-state index in [1.165, 1.54) is 11.8 Å². The molecule has 0 bridgehead atoms. The first-order valence-electron chi connectivity index (χ1n) is 11.2. The van der Waals surface area contributed by atoms with Gasteiger partial charge in [0.05, 0.1) is 12.5 Å². The Balaban J connectivity index is 3.09. The molecule has 12 heteroatoms. The van der Waals surface area contributed by atoms with E-state index >= 15 is 0 Å². The Morgan fingerprint density at radius 3 is 2.03 bits per heavy atom. The van der Waals surface area contributed by atoms with Gasteiger partial charge in [0.15, 0.2) is 0 Å². The monoisotopic (exact) mass is 509 g/mol. The van der Waals surface area contributed by atoms with Crippen molar-refractivity contribution in [3.63, 3.8) is 0 Å². The highest BCUT2D eigenvalue weighted by Gasteiger charge is 2.31. The Labute approximate surface area is 209 Å². The molecule has 0 aliphatic rings. The summed E-state index contributed by atoms with van der Waals surface area (Å²) in [5, 5.41) is 17.1. The predicted octanol–water partition coefficient (Wildman–Crippen LogP) is -0.620. The van der Waals surface area contributed by atoms with E-state index in [2.05, 4.69) is 16.0 Å². The summed E-state index contributed by atoms with van der Waals surface area (Å²) in [5.74, 6) is -3.82. The van der Waals surface area contributed by atoms with Crippen LogP contribution in [0.15, 0.2) is 30.3 Å². The number of benzene rings is 1. The molecule has 0 aliphatic carbocycles. The number of carboxylic acid groups (broad SMARTS) is 1. The van der Waals surface area contributed by atoms with Gasteiger partial charge in [0.2, 0.25) is 23.6 Å². The van der Waals surface area contributed by atoms with Gasteiger partial charge in [0.25, 0.3) is 0 Å². The lowest BCUT2D eigenvalue weighted by Gasteiger charge is -2.26. The van der Waals surface area contributed by atoms with Crippen molar-refractivity contribution >= 4 is 41.4 Å². The lowest BCUT2D eigenvalue weighted by atomic mass is 10.0. The second kappa shape index (κ2) is 15.0. The zero-order valence-corrected chi connectivity index (χ0v) is 21.0. The summed E-state index contributed by atoms with van der Waals surface area (Å²) < 4.78 is 0. The summed E-state index contributed by atoms with van der Waals surface area (Å²) in [6.07, 6.45) is 1.80. The normalized spacial score (nSPS) is 14.3. The predicted molar refractivity (Wildman–Crippen MR) is 133 cm³/mol. The Morgan fingerprint density at radius 2 is 1.51 bits per heavy atom. The fraction of sp³-hybridized carbons (Fsp3) is 0.522. The van der Waals surface area contributed by atoms with Crippen LogP contribution in [0.3, 0.4) is 0 Å². The first-order chi connectivity index (χ1) is 16.5. The third kappa shape index (κ3) is 10.8. The third-order valence-electron chi connectivity index (χ3n) is 5.15. The molecular weight excluding hydrogens is 474 g/mol. The number of carbonyl (C=O) groups excluding carboxylic acids is 4. The molecule has 0 saturated heterocycles. The van der Waals surface area contributed by atoms with Crippen LogP contribution in [0.1, 0.15) is 32.3 Å². The Hall–Kier alpha value is -3.12. The van der Waals surface area contributed by atoms with E-state index < -0.39 is 53.8 Å². The number of carboxylic acids is 1. The number of nitrogens with two attached hydrogens (primary N) is 2. The largest absolute Gasteiger partial charge is 0.480 e. The molecule has 0 aromatic heterocycles. The van der Waals surface area contributed by atoms with Crippen molar-refractivity contribution in [1.82, 2.24) is 16.0 Å². The minimum absolute atomic E-state index is 0.104. The molecule has 194 valence electrons. The van der Waals surface area contributed by atoms with Crippen LogP contribution in [0.5, 0.6) is 0 Å². The second-order valence-corrected chi connectivity index (χ2v) is 9.42. The number of carbonyl (C=O) groups is 5. The number of aliphatic carboxylic acids is 1. The van der Waals surface area contributed by atoms with Crippen molar-refractivity contribution in [3.05, 3.63) is 35.9 Å². The molecule has 1 rings (SSSR count). The number of hydrogen-bond donors (Lipinski definition) is 6. The third-order valence-corrected chi connectivity index (χ3v) is 5.79. The average molecular weight is 510 g/mol. The maximum absolute atomic E-state index is 13.1. The standard InChI is InChI=1S/C23H35N5O6S/c1-13(2)19(23(33)34)28-22(32)17(11-14-7-5-4-6-8-14)27-21(31)16(9-10-35-3)26-20(30)15(24)12-18(25)29/h4-8,13,15-17,19H,9-12,24H2,1-3H3,(H2,25,29)(H,26,30)(H,27,31)(H,28,32)(H,33,34). The lowest BCUT2D eigenvalue weighted by Crippen LogP contribution is -2.58. The molecule has 1 aromatic rings. The molecule has 11 nitrogen and oxygen atoms in total.